The second-order valence-corrected chi connectivity index (χ2v) is 6.14. The number of aliphatic hydroxyl groups is 1. The third-order valence-corrected chi connectivity index (χ3v) is 4.97. The number of aliphatic hydroxyl groups excluding tert-OH is 1. The quantitative estimate of drug-likeness (QED) is 0.920. The van der Waals surface area contributed by atoms with Gasteiger partial charge in [0.05, 0.1) is 28.6 Å². The molecule has 2 heterocycles. The number of hydrogen-bond donors (Lipinski definition) is 1. The van der Waals surface area contributed by atoms with E-state index in [4.69, 9.17) is 4.74 Å². The van der Waals surface area contributed by atoms with Crippen LogP contribution >= 0.6 is 15.9 Å². The van der Waals surface area contributed by atoms with E-state index in [0.29, 0.717) is 6.42 Å². The molecule has 1 aliphatic rings. The number of nitrogens with zero attached hydrogens (tertiary/aromatic N) is 2. The molecule has 1 unspecified atom stereocenters. The molecule has 0 radical (unpaired) electrons. The van der Waals surface area contributed by atoms with Crippen molar-refractivity contribution in [1.29, 1.82) is 0 Å². The van der Waals surface area contributed by atoms with E-state index in [9.17, 15) is 5.11 Å². The highest BCUT2D eigenvalue weighted by molar-refractivity contribution is 9.10. The van der Waals surface area contributed by atoms with Gasteiger partial charge in [-0.2, -0.15) is 5.10 Å². The zero-order chi connectivity index (χ0) is 15.0. The Morgan fingerprint density at radius 1 is 1.48 bits per heavy atom. The molecule has 0 bridgehead atoms. The predicted molar refractivity (Wildman–Crippen MR) is 84.6 cm³/mol. The van der Waals surface area contributed by atoms with Crippen molar-refractivity contribution >= 4 is 15.9 Å². The minimum Gasteiger partial charge on any atom is -0.493 e. The van der Waals surface area contributed by atoms with E-state index in [-0.39, 0.29) is 0 Å². The van der Waals surface area contributed by atoms with Gasteiger partial charge in [0.25, 0.3) is 0 Å². The maximum absolute atomic E-state index is 10.6. The van der Waals surface area contributed by atoms with Gasteiger partial charge >= 0.3 is 0 Å². The van der Waals surface area contributed by atoms with E-state index in [2.05, 4.69) is 34.0 Å². The molecule has 1 aromatic carbocycles. The summed E-state index contributed by atoms with van der Waals surface area (Å²) in [6.07, 6.45) is 0.939. The molecule has 3 rings (SSSR count). The van der Waals surface area contributed by atoms with Crippen LogP contribution in [0.5, 0.6) is 5.75 Å². The maximum atomic E-state index is 10.6. The first kappa shape index (κ1) is 14.6. The first-order chi connectivity index (χ1) is 10.1. The lowest BCUT2D eigenvalue weighted by atomic mass is 10.0. The lowest BCUT2D eigenvalue weighted by Gasteiger charge is -2.13. The summed E-state index contributed by atoms with van der Waals surface area (Å²) in [6.45, 7) is 5.56. The molecule has 1 atom stereocenters. The van der Waals surface area contributed by atoms with Gasteiger partial charge in [-0.15, -0.1) is 0 Å². The predicted octanol–water partition coefficient (Wildman–Crippen LogP) is 3.18. The number of benzene rings is 1. The number of hydrogen-bond acceptors (Lipinski definition) is 3. The number of aryl methyl sites for hydroxylation is 2. The third kappa shape index (κ3) is 2.72. The van der Waals surface area contributed by atoms with Crippen LogP contribution in [-0.4, -0.2) is 21.5 Å². The van der Waals surface area contributed by atoms with Crippen molar-refractivity contribution < 1.29 is 9.84 Å². The molecule has 0 fully saturated rings. The van der Waals surface area contributed by atoms with Crippen molar-refractivity contribution in [3.05, 3.63) is 45.2 Å². The Morgan fingerprint density at radius 3 is 3.05 bits per heavy atom. The van der Waals surface area contributed by atoms with Gasteiger partial charge in [0.1, 0.15) is 5.75 Å². The number of fused-ring (bicyclic) bond motifs is 1. The summed E-state index contributed by atoms with van der Waals surface area (Å²) in [5.74, 6) is 0.946. The summed E-state index contributed by atoms with van der Waals surface area (Å²) < 4.78 is 8.44. The standard InChI is InChI=1S/C16H19BrN2O2/c1-3-19-13(16(17)10(2)18-19)9-14(20)11-4-5-15-12(8-11)6-7-21-15/h4-5,8,14,20H,3,6-7,9H2,1-2H3. The molecule has 1 aliphatic heterocycles. The van der Waals surface area contributed by atoms with Crippen molar-refractivity contribution in [2.75, 3.05) is 6.61 Å². The SMILES string of the molecule is CCn1nc(C)c(Br)c1CC(O)c1ccc2c(c1)CCO2. The van der Waals surface area contributed by atoms with Crippen LogP contribution in [0.4, 0.5) is 0 Å². The van der Waals surface area contributed by atoms with E-state index < -0.39 is 6.10 Å². The lowest BCUT2D eigenvalue weighted by Crippen LogP contribution is -2.09. The molecule has 0 saturated heterocycles. The monoisotopic (exact) mass is 350 g/mol. The van der Waals surface area contributed by atoms with E-state index in [1.165, 1.54) is 5.56 Å². The molecule has 0 amide bonds. The Hall–Kier alpha value is -1.33. The van der Waals surface area contributed by atoms with Crippen LogP contribution in [-0.2, 0) is 19.4 Å². The fourth-order valence-corrected chi connectivity index (χ4v) is 3.22. The van der Waals surface area contributed by atoms with E-state index in [1.807, 2.05) is 23.7 Å². The summed E-state index contributed by atoms with van der Waals surface area (Å²) >= 11 is 3.58. The first-order valence-electron chi connectivity index (χ1n) is 7.25. The summed E-state index contributed by atoms with van der Waals surface area (Å²) in [5, 5.41) is 15.0. The van der Waals surface area contributed by atoms with E-state index in [0.717, 1.165) is 46.7 Å². The molecule has 1 N–H and O–H groups in total. The molecule has 4 nitrogen and oxygen atoms in total. The number of aromatic nitrogens is 2. The Labute approximate surface area is 132 Å². The normalized spacial score (nSPS) is 14.9. The number of rotatable bonds is 4. The van der Waals surface area contributed by atoms with Crippen molar-refractivity contribution in [3.8, 4) is 5.75 Å². The lowest BCUT2D eigenvalue weighted by molar-refractivity contribution is 0.175. The Kier molecular flexibility index (Phi) is 4.04. The van der Waals surface area contributed by atoms with E-state index >= 15 is 0 Å². The average molecular weight is 351 g/mol. The fraction of sp³-hybridized carbons (Fsp3) is 0.438. The highest BCUT2D eigenvalue weighted by atomic mass is 79.9. The van der Waals surface area contributed by atoms with Crippen molar-refractivity contribution in [2.45, 2.75) is 39.3 Å². The zero-order valence-corrected chi connectivity index (χ0v) is 13.9. The second kappa shape index (κ2) is 5.81. The largest absolute Gasteiger partial charge is 0.493 e. The molecular weight excluding hydrogens is 332 g/mol. The van der Waals surface area contributed by atoms with Gasteiger partial charge in [-0.1, -0.05) is 6.07 Å². The van der Waals surface area contributed by atoms with Gasteiger partial charge in [-0.05, 0) is 53.0 Å². The number of ether oxygens (including phenoxy) is 1. The second-order valence-electron chi connectivity index (χ2n) is 5.35. The summed E-state index contributed by atoms with van der Waals surface area (Å²) in [7, 11) is 0. The van der Waals surface area contributed by atoms with Gasteiger partial charge in [0.2, 0.25) is 0 Å². The van der Waals surface area contributed by atoms with E-state index in [1.54, 1.807) is 0 Å². The van der Waals surface area contributed by atoms with Crippen LogP contribution in [0.2, 0.25) is 0 Å². The van der Waals surface area contributed by atoms with Crippen LogP contribution in [0.3, 0.4) is 0 Å². The van der Waals surface area contributed by atoms with Crippen molar-refractivity contribution in [3.63, 3.8) is 0 Å². The number of halogens is 1. The minimum atomic E-state index is -0.534. The third-order valence-electron chi connectivity index (χ3n) is 3.94. The summed E-state index contributed by atoms with van der Waals surface area (Å²) in [5.41, 5.74) is 4.12. The molecule has 0 spiro atoms. The van der Waals surface area contributed by atoms with Gasteiger partial charge in [-0.25, -0.2) is 0 Å². The molecule has 112 valence electrons. The molecular formula is C16H19BrN2O2. The minimum absolute atomic E-state index is 0.534. The first-order valence-corrected chi connectivity index (χ1v) is 8.05. The Balaban J connectivity index is 1.85. The van der Waals surface area contributed by atoms with Gasteiger partial charge in [0.15, 0.2) is 0 Å². The Morgan fingerprint density at radius 2 is 2.29 bits per heavy atom. The topological polar surface area (TPSA) is 47.3 Å². The van der Waals surface area contributed by atoms with Crippen LogP contribution in [0, 0.1) is 6.92 Å². The maximum Gasteiger partial charge on any atom is 0.122 e. The highest BCUT2D eigenvalue weighted by Gasteiger charge is 2.19. The molecule has 1 aromatic heterocycles. The van der Waals surface area contributed by atoms with Gasteiger partial charge in [-0.3, -0.25) is 4.68 Å². The average Bonchev–Trinajstić information content (AvgIpc) is 3.05. The molecule has 21 heavy (non-hydrogen) atoms. The van der Waals surface area contributed by atoms with Crippen LogP contribution in [0.1, 0.15) is 35.5 Å². The van der Waals surface area contributed by atoms with Gasteiger partial charge in [0, 0.05) is 19.4 Å². The molecule has 5 heteroatoms. The fourth-order valence-electron chi connectivity index (χ4n) is 2.78. The zero-order valence-electron chi connectivity index (χ0n) is 12.3. The highest BCUT2D eigenvalue weighted by Crippen LogP contribution is 2.31. The van der Waals surface area contributed by atoms with Crippen LogP contribution in [0.15, 0.2) is 22.7 Å². The van der Waals surface area contributed by atoms with Crippen LogP contribution in [0.25, 0.3) is 0 Å². The molecule has 2 aromatic rings. The smallest absolute Gasteiger partial charge is 0.122 e. The molecule has 0 saturated carbocycles. The van der Waals surface area contributed by atoms with Crippen molar-refractivity contribution in [2.24, 2.45) is 0 Å². The molecule has 0 aliphatic carbocycles. The summed E-state index contributed by atoms with van der Waals surface area (Å²) in [6, 6.07) is 5.96. The van der Waals surface area contributed by atoms with Crippen molar-refractivity contribution in [1.82, 2.24) is 9.78 Å². The summed E-state index contributed by atoms with van der Waals surface area (Å²) in [4.78, 5) is 0. The van der Waals surface area contributed by atoms with Crippen LogP contribution < -0.4 is 4.74 Å². The van der Waals surface area contributed by atoms with Gasteiger partial charge < -0.3 is 9.84 Å². The Bertz CT molecular complexity index is 667.